The summed E-state index contributed by atoms with van der Waals surface area (Å²) in [6.45, 7) is 3.85. The van der Waals surface area contributed by atoms with Gasteiger partial charge >= 0.3 is 0 Å². The molecule has 1 aliphatic heterocycles. The molecule has 0 atom stereocenters. The first-order valence-corrected chi connectivity index (χ1v) is 7.09. The second-order valence-electron chi connectivity index (χ2n) is 6.31. The van der Waals surface area contributed by atoms with Gasteiger partial charge in [0.2, 0.25) is 0 Å². The Kier molecular flexibility index (Phi) is 3.06. The number of hydrogen-bond acceptors (Lipinski definition) is 3. The number of methoxy groups -OCH3 is 1. The van der Waals surface area contributed by atoms with Crippen LogP contribution in [0.4, 0.5) is 0 Å². The third-order valence-corrected chi connectivity index (χ3v) is 4.92. The molecule has 1 aliphatic carbocycles. The first-order chi connectivity index (χ1) is 9.07. The Morgan fingerprint density at radius 3 is 2.53 bits per heavy atom. The van der Waals surface area contributed by atoms with Crippen LogP contribution in [0.1, 0.15) is 36.8 Å². The van der Waals surface area contributed by atoms with Crippen LogP contribution >= 0.6 is 0 Å². The average Bonchev–Trinajstić information content (AvgIpc) is 2.38. The fraction of sp³-hybridized carbons (Fsp3) is 0.625. The molecule has 2 aliphatic rings. The Morgan fingerprint density at radius 2 is 1.89 bits per heavy atom. The SMILES string of the molecule is COc1cc(C2(N)CC3(CCOCC3)C2)ccc1C. The zero-order valence-electron chi connectivity index (χ0n) is 11.9. The topological polar surface area (TPSA) is 44.5 Å². The Labute approximate surface area is 115 Å². The first-order valence-electron chi connectivity index (χ1n) is 7.09. The van der Waals surface area contributed by atoms with E-state index in [1.807, 2.05) is 0 Å². The van der Waals surface area contributed by atoms with Gasteiger partial charge in [0.15, 0.2) is 0 Å². The monoisotopic (exact) mass is 261 g/mol. The quantitative estimate of drug-likeness (QED) is 0.890. The fourth-order valence-electron chi connectivity index (χ4n) is 3.78. The van der Waals surface area contributed by atoms with Crippen LogP contribution in [0, 0.1) is 12.3 Å². The summed E-state index contributed by atoms with van der Waals surface area (Å²) in [6.07, 6.45) is 4.48. The van der Waals surface area contributed by atoms with Gasteiger partial charge in [0, 0.05) is 18.8 Å². The van der Waals surface area contributed by atoms with Crippen molar-refractivity contribution in [1.29, 1.82) is 0 Å². The van der Waals surface area contributed by atoms with E-state index in [9.17, 15) is 0 Å². The Balaban J connectivity index is 1.80. The molecular formula is C16H23NO2. The normalized spacial score (nSPS) is 23.9. The Morgan fingerprint density at radius 1 is 1.21 bits per heavy atom. The van der Waals surface area contributed by atoms with Gasteiger partial charge in [-0.25, -0.2) is 0 Å². The molecule has 0 aromatic heterocycles. The molecule has 1 aromatic carbocycles. The van der Waals surface area contributed by atoms with Crippen molar-refractivity contribution in [2.75, 3.05) is 20.3 Å². The molecule has 3 rings (SSSR count). The number of ether oxygens (including phenoxy) is 2. The van der Waals surface area contributed by atoms with Gasteiger partial charge in [-0.05, 0) is 55.2 Å². The Hall–Kier alpha value is -1.06. The lowest BCUT2D eigenvalue weighted by Gasteiger charge is -2.56. The van der Waals surface area contributed by atoms with E-state index in [0.717, 1.165) is 50.2 Å². The van der Waals surface area contributed by atoms with Crippen LogP contribution in [0.5, 0.6) is 5.75 Å². The minimum atomic E-state index is -0.168. The average molecular weight is 261 g/mol. The number of rotatable bonds is 2. The summed E-state index contributed by atoms with van der Waals surface area (Å²) in [5.74, 6) is 0.940. The summed E-state index contributed by atoms with van der Waals surface area (Å²) >= 11 is 0. The van der Waals surface area contributed by atoms with Crippen LogP contribution in [0.25, 0.3) is 0 Å². The van der Waals surface area contributed by atoms with Crippen molar-refractivity contribution in [1.82, 2.24) is 0 Å². The molecule has 2 fully saturated rings. The summed E-state index contributed by atoms with van der Waals surface area (Å²) in [5.41, 5.74) is 9.25. The number of benzene rings is 1. The molecule has 1 saturated carbocycles. The van der Waals surface area contributed by atoms with Gasteiger partial charge in [0.05, 0.1) is 7.11 Å². The van der Waals surface area contributed by atoms with E-state index in [1.54, 1.807) is 7.11 Å². The van der Waals surface area contributed by atoms with Crippen LogP contribution in [0.3, 0.4) is 0 Å². The lowest BCUT2D eigenvalue weighted by atomic mass is 9.52. The molecular weight excluding hydrogens is 238 g/mol. The predicted molar refractivity (Wildman–Crippen MR) is 75.3 cm³/mol. The van der Waals surface area contributed by atoms with Crippen molar-refractivity contribution >= 4 is 0 Å². The van der Waals surface area contributed by atoms with Crippen molar-refractivity contribution in [3.8, 4) is 5.75 Å². The standard InChI is InChI=1S/C16H23NO2/c1-12-3-4-13(9-14(12)18-2)16(17)10-15(11-16)5-7-19-8-6-15/h3-4,9H,5-8,10-11,17H2,1-2H3. The van der Waals surface area contributed by atoms with Crippen LogP contribution in [0.2, 0.25) is 0 Å². The van der Waals surface area contributed by atoms with Gasteiger partial charge < -0.3 is 15.2 Å². The molecule has 1 aromatic rings. The lowest BCUT2D eigenvalue weighted by molar-refractivity contribution is -0.0725. The minimum Gasteiger partial charge on any atom is -0.496 e. The molecule has 1 spiro atoms. The van der Waals surface area contributed by atoms with Crippen molar-refractivity contribution in [2.45, 2.75) is 38.1 Å². The van der Waals surface area contributed by atoms with E-state index < -0.39 is 0 Å². The highest BCUT2D eigenvalue weighted by molar-refractivity contribution is 5.41. The number of aryl methyl sites for hydroxylation is 1. The smallest absolute Gasteiger partial charge is 0.122 e. The molecule has 0 unspecified atom stereocenters. The van der Waals surface area contributed by atoms with Crippen LogP contribution in [0.15, 0.2) is 18.2 Å². The van der Waals surface area contributed by atoms with E-state index in [0.29, 0.717) is 5.41 Å². The summed E-state index contributed by atoms with van der Waals surface area (Å²) in [6, 6.07) is 6.38. The van der Waals surface area contributed by atoms with Crippen molar-refractivity contribution in [2.24, 2.45) is 11.1 Å². The number of nitrogens with two attached hydrogens (primary N) is 1. The van der Waals surface area contributed by atoms with E-state index in [1.165, 1.54) is 5.56 Å². The summed E-state index contributed by atoms with van der Waals surface area (Å²) in [5, 5.41) is 0. The molecule has 1 saturated heterocycles. The first kappa shape index (κ1) is 12.9. The largest absolute Gasteiger partial charge is 0.496 e. The second kappa shape index (κ2) is 4.50. The van der Waals surface area contributed by atoms with Gasteiger partial charge in [-0.15, -0.1) is 0 Å². The summed E-state index contributed by atoms with van der Waals surface area (Å²) in [4.78, 5) is 0. The van der Waals surface area contributed by atoms with Crippen LogP contribution < -0.4 is 10.5 Å². The maximum absolute atomic E-state index is 6.61. The molecule has 104 valence electrons. The maximum atomic E-state index is 6.61. The van der Waals surface area contributed by atoms with Crippen LogP contribution in [-0.4, -0.2) is 20.3 Å². The van der Waals surface area contributed by atoms with Crippen molar-refractivity contribution in [3.63, 3.8) is 0 Å². The molecule has 0 bridgehead atoms. The highest BCUT2D eigenvalue weighted by Crippen LogP contribution is 2.57. The summed E-state index contributed by atoms with van der Waals surface area (Å²) < 4.78 is 10.9. The molecule has 3 heteroatoms. The summed E-state index contributed by atoms with van der Waals surface area (Å²) in [7, 11) is 1.72. The zero-order chi connectivity index (χ0) is 13.5. The van der Waals surface area contributed by atoms with Gasteiger partial charge in [-0.2, -0.15) is 0 Å². The van der Waals surface area contributed by atoms with E-state index >= 15 is 0 Å². The zero-order valence-corrected chi connectivity index (χ0v) is 11.9. The molecule has 1 heterocycles. The van der Waals surface area contributed by atoms with E-state index in [2.05, 4.69) is 25.1 Å². The van der Waals surface area contributed by atoms with Gasteiger partial charge in [-0.3, -0.25) is 0 Å². The van der Waals surface area contributed by atoms with Crippen molar-refractivity contribution in [3.05, 3.63) is 29.3 Å². The molecule has 19 heavy (non-hydrogen) atoms. The minimum absolute atomic E-state index is 0.168. The van der Waals surface area contributed by atoms with Gasteiger partial charge in [-0.1, -0.05) is 12.1 Å². The highest BCUT2D eigenvalue weighted by atomic mass is 16.5. The van der Waals surface area contributed by atoms with Gasteiger partial charge in [0.25, 0.3) is 0 Å². The van der Waals surface area contributed by atoms with E-state index in [4.69, 9.17) is 15.2 Å². The molecule has 3 nitrogen and oxygen atoms in total. The third-order valence-electron chi connectivity index (χ3n) is 4.92. The molecule has 0 amide bonds. The lowest BCUT2D eigenvalue weighted by Crippen LogP contribution is -2.57. The second-order valence-corrected chi connectivity index (χ2v) is 6.31. The predicted octanol–water partition coefficient (Wildman–Crippen LogP) is 2.75. The molecule has 0 radical (unpaired) electrons. The fourth-order valence-corrected chi connectivity index (χ4v) is 3.78. The third kappa shape index (κ3) is 2.15. The van der Waals surface area contributed by atoms with E-state index in [-0.39, 0.29) is 5.54 Å². The van der Waals surface area contributed by atoms with Crippen LogP contribution in [-0.2, 0) is 10.3 Å². The highest BCUT2D eigenvalue weighted by Gasteiger charge is 2.53. The molecule has 2 N–H and O–H groups in total. The van der Waals surface area contributed by atoms with Crippen molar-refractivity contribution < 1.29 is 9.47 Å². The maximum Gasteiger partial charge on any atom is 0.122 e. The van der Waals surface area contributed by atoms with Gasteiger partial charge in [0.1, 0.15) is 5.75 Å². The number of hydrogen-bond donors (Lipinski definition) is 1. The Bertz CT molecular complexity index is 470.